The predicted octanol–water partition coefficient (Wildman–Crippen LogP) is 2.80. The number of benzene rings is 1. The summed E-state index contributed by atoms with van der Waals surface area (Å²) in [5.41, 5.74) is 8.64. The van der Waals surface area contributed by atoms with Crippen molar-refractivity contribution in [3.63, 3.8) is 0 Å². The van der Waals surface area contributed by atoms with E-state index >= 15 is 0 Å². The molecule has 1 aliphatic heterocycles. The van der Waals surface area contributed by atoms with Crippen molar-refractivity contribution in [3.8, 4) is 6.07 Å². The van der Waals surface area contributed by atoms with Crippen LogP contribution >= 0.6 is 0 Å². The second-order valence-electron chi connectivity index (χ2n) is 7.99. The van der Waals surface area contributed by atoms with Crippen molar-refractivity contribution < 1.29 is 8.42 Å². The van der Waals surface area contributed by atoms with E-state index in [0.717, 1.165) is 5.56 Å². The van der Waals surface area contributed by atoms with E-state index in [9.17, 15) is 13.7 Å². The first-order chi connectivity index (χ1) is 15.2. The first-order valence-electron chi connectivity index (χ1n) is 10.1. The monoisotopic (exact) mass is 449 g/mol. The predicted molar refractivity (Wildman–Crippen MR) is 122 cm³/mol. The number of nitrogens with two attached hydrogens (primary N) is 1. The number of sulfonamides is 1. The van der Waals surface area contributed by atoms with Gasteiger partial charge in [0.2, 0.25) is 5.95 Å². The van der Waals surface area contributed by atoms with Crippen LogP contribution in [0.25, 0.3) is 0 Å². The first kappa shape index (κ1) is 21.5. The van der Waals surface area contributed by atoms with E-state index in [-0.39, 0.29) is 28.9 Å². The van der Waals surface area contributed by atoms with Gasteiger partial charge in [-0.2, -0.15) is 5.26 Å². The zero-order valence-electron chi connectivity index (χ0n) is 17.9. The van der Waals surface area contributed by atoms with Crippen molar-refractivity contribution in [2.75, 3.05) is 21.9 Å². The molecule has 3 heterocycles. The number of nitrogens with zero attached hydrogens (tertiary/aromatic N) is 5. The fourth-order valence-electron chi connectivity index (χ4n) is 3.66. The average Bonchev–Trinajstić information content (AvgIpc) is 3.13. The number of aryl methyl sites for hydroxylation is 1. The maximum absolute atomic E-state index is 13.5. The van der Waals surface area contributed by atoms with Gasteiger partial charge in [-0.05, 0) is 39.0 Å². The summed E-state index contributed by atoms with van der Waals surface area (Å²) in [4.78, 5) is 13.3. The molecule has 4 rings (SSSR count). The summed E-state index contributed by atoms with van der Waals surface area (Å²) in [5.74, 6) is 0.129. The van der Waals surface area contributed by atoms with E-state index in [0.29, 0.717) is 22.9 Å². The molecule has 3 aromatic rings. The lowest BCUT2D eigenvalue weighted by molar-refractivity contribution is 0.590. The molecule has 0 fully saturated rings. The molecule has 10 heteroatoms. The number of hydrogen-bond acceptors (Lipinski definition) is 8. The van der Waals surface area contributed by atoms with Gasteiger partial charge in [-0.25, -0.2) is 27.7 Å². The number of nitrogen functional groups attached to an aromatic ring is 1. The third kappa shape index (κ3) is 3.83. The van der Waals surface area contributed by atoms with E-state index in [1.54, 1.807) is 30.3 Å². The molecular formula is C22H23N7O2S. The number of nitriles is 1. The largest absolute Gasteiger partial charge is 0.397 e. The minimum atomic E-state index is -3.88. The van der Waals surface area contributed by atoms with Crippen LogP contribution in [0.15, 0.2) is 47.6 Å². The van der Waals surface area contributed by atoms with Gasteiger partial charge in [-0.3, -0.25) is 0 Å². The second kappa shape index (κ2) is 8.09. The molecule has 0 spiro atoms. The van der Waals surface area contributed by atoms with Crippen molar-refractivity contribution in [1.82, 2.24) is 15.0 Å². The Bertz CT molecular complexity index is 1320. The van der Waals surface area contributed by atoms with Crippen molar-refractivity contribution in [2.45, 2.75) is 37.6 Å². The summed E-state index contributed by atoms with van der Waals surface area (Å²) in [6.07, 6.45) is 2.87. The van der Waals surface area contributed by atoms with Crippen molar-refractivity contribution >= 4 is 27.5 Å². The summed E-state index contributed by atoms with van der Waals surface area (Å²) in [5, 5.41) is 12.8. The van der Waals surface area contributed by atoms with E-state index in [4.69, 9.17) is 5.73 Å². The van der Waals surface area contributed by atoms with Crippen molar-refractivity contribution in [1.29, 1.82) is 5.26 Å². The summed E-state index contributed by atoms with van der Waals surface area (Å²) in [7, 11) is -3.88. The molecule has 3 N–H and O–H groups in total. The molecule has 2 aromatic heterocycles. The van der Waals surface area contributed by atoms with Crippen LogP contribution in [0.5, 0.6) is 0 Å². The molecule has 0 aliphatic carbocycles. The lowest BCUT2D eigenvalue weighted by Crippen LogP contribution is -2.31. The number of rotatable bonds is 5. The van der Waals surface area contributed by atoms with Crippen LogP contribution in [0.4, 0.5) is 17.5 Å². The maximum atomic E-state index is 13.5. The average molecular weight is 450 g/mol. The van der Waals surface area contributed by atoms with Gasteiger partial charge < -0.3 is 11.1 Å². The SMILES string of the molecule is Cc1ccc(S(=O)(=O)N2CC(c3nc(NC(C)C)ncc3C#N)c3cc(N)cnc32)cc1. The smallest absolute Gasteiger partial charge is 0.265 e. The minimum absolute atomic E-state index is 0.0504. The maximum Gasteiger partial charge on any atom is 0.265 e. The molecule has 0 saturated carbocycles. The van der Waals surface area contributed by atoms with Crippen LogP contribution in [-0.4, -0.2) is 36.0 Å². The molecule has 164 valence electrons. The standard InChI is InChI=1S/C22H23N7O2S/c1-13(2)27-22-26-10-15(9-23)20(28-22)19-12-29(21-18(19)8-16(24)11-25-21)32(30,31)17-6-4-14(3)5-7-17/h4-8,10-11,13,19H,12,24H2,1-3H3,(H,26,27,28). The second-order valence-corrected chi connectivity index (χ2v) is 9.85. The van der Waals surface area contributed by atoms with Crippen LogP contribution in [0, 0.1) is 18.3 Å². The fraction of sp³-hybridized carbons (Fsp3) is 0.273. The lowest BCUT2D eigenvalue weighted by atomic mass is 9.96. The number of anilines is 3. The highest BCUT2D eigenvalue weighted by molar-refractivity contribution is 7.92. The van der Waals surface area contributed by atoms with Gasteiger partial charge in [0.25, 0.3) is 10.0 Å². The molecule has 0 amide bonds. The molecule has 9 nitrogen and oxygen atoms in total. The Labute approximate surface area is 187 Å². The van der Waals surface area contributed by atoms with E-state index < -0.39 is 15.9 Å². The van der Waals surface area contributed by atoms with Gasteiger partial charge in [-0.1, -0.05) is 17.7 Å². The Morgan fingerprint density at radius 3 is 2.59 bits per heavy atom. The molecule has 0 radical (unpaired) electrons. The number of hydrogen-bond donors (Lipinski definition) is 2. The number of pyridine rings is 1. The van der Waals surface area contributed by atoms with E-state index in [1.165, 1.54) is 16.7 Å². The molecule has 32 heavy (non-hydrogen) atoms. The molecule has 0 saturated heterocycles. The van der Waals surface area contributed by atoms with E-state index in [2.05, 4.69) is 26.3 Å². The Kier molecular flexibility index (Phi) is 5.44. The fourth-order valence-corrected chi connectivity index (χ4v) is 5.12. The highest BCUT2D eigenvalue weighted by Gasteiger charge is 2.40. The highest BCUT2D eigenvalue weighted by Crippen LogP contribution is 2.42. The van der Waals surface area contributed by atoms with Gasteiger partial charge in [0.15, 0.2) is 0 Å². The molecule has 1 aliphatic rings. The highest BCUT2D eigenvalue weighted by atomic mass is 32.2. The normalized spacial score (nSPS) is 15.5. The van der Waals surface area contributed by atoms with Crippen LogP contribution in [0.1, 0.15) is 42.1 Å². The first-order valence-corrected chi connectivity index (χ1v) is 11.5. The lowest BCUT2D eigenvalue weighted by Gasteiger charge is -2.19. The summed E-state index contributed by atoms with van der Waals surface area (Å²) >= 11 is 0. The van der Waals surface area contributed by atoms with Crippen molar-refractivity contribution in [2.24, 2.45) is 0 Å². The van der Waals surface area contributed by atoms with Crippen LogP contribution < -0.4 is 15.4 Å². The topological polar surface area (TPSA) is 138 Å². The Morgan fingerprint density at radius 1 is 1.22 bits per heavy atom. The summed E-state index contributed by atoms with van der Waals surface area (Å²) in [6, 6.07) is 10.5. The molecule has 0 bridgehead atoms. The summed E-state index contributed by atoms with van der Waals surface area (Å²) in [6.45, 7) is 5.84. The van der Waals surface area contributed by atoms with Crippen LogP contribution in [0.3, 0.4) is 0 Å². The number of aromatic nitrogens is 3. The third-order valence-electron chi connectivity index (χ3n) is 5.17. The molecular weight excluding hydrogens is 426 g/mol. The van der Waals surface area contributed by atoms with Crippen molar-refractivity contribution in [3.05, 3.63) is 65.1 Å². The number of nitrogens with one attached hydrogen (secondary N) is 1. The number of fused-ring (bicyclic) bond motifs is 1. The van der Waals surface area contributed by atoms with Crippen LogP contribution in [0.2, 0.25) is 0 Å². The zero-order valence-corrected chi connectivity index (χ0v) is 18.8. The zero-order chi connectivity index (χ0) is 23.0. The van der Waals surface area contributed by atoms with Gasteiger partial charge in [-0.15, -0.1) is 0 Å². The Balaban J connectivity index is 1.84. The van der Waals surface area contributed by atoms with Gasteiger partial charge in [0.1, 0.15) is 11.9 Å². The van der Waals surface area contributed by atoms with Gasteiger partial charge >= 0.3 is 0 Å². The minimum Gasteiger partial charge on any atom is -0.397 e. The molecule has 1 aromatic carbocycles. The third-order valence-corrected chi connectivity index (χ3v) is 6.94. The summed E-state index contributed by atoms with van der Waals surface area (Å²) < 4.78 is 28.2. The van der Waals surface area contributed by atoms with Gasteiger partial charge in [0, 0.05) is 18.2 Å². The molecule has 1 unspecified atom stereocenters. The van der Waals surface area contributed by atoms with Gasteiger partial charge in [0.05, 0.1) is 40.2 Å². The van der Waals surface area contributed by atoms with Crippen LogP contribution in [-0.2, 0) is 10.0 Å². The molecule has 1 atom stereocenters. The Morgan fingerprint density at radius 2 is 1.94 bits per heavy atom. The van der Waals surface area contributed by atoms with E-state index in [1.807, 2.05) is 20.8 Å². The Hall–Kier alpha value is -3.71. The quantitative estimate of drug-likeness (QED) is 0.606.